The zero-order valence-electron chi connectivity index (χ0n) is 14.4. The van der Waals surface area contributed by atoms with E-state index in [4.69, 9.17) is 14.2 Å². The molecule has 0 unspecified atom stereocenters. The van der Waals surface area contributed by atoms with Crippen LogP contribution in [-0.4, -0.2) is 86.0 Å². The normalized spacial score (nSPS) is 33.2. The van der Waals surface area contributed by atoms with Crippen molar-refractivity contribution in [3.8, 4) is 0 Å². The number of hydrogen-bond acceptors (Lipinski definition) is 7. The van der Waals surface area contributed by atoms with Gasteiger partial charge >= 0.3 is 11.9 Å². The number of rotatable bonds is 4. The van der Waals surface area contributed by atoms with Gasteiger partial charge in [0.1, 0.15) is 31.3 Å². The fraction of sp³-hybridized carbons (Fsp3) is 0.800. The monoisotopic (exact) mass is 361 g/mol. The molecule has 8 nitrogen and oxygen atoms in total. The lowest BCUT2D eigenvalue weighted by Gasteiger charge is -2.34. The summed E-state index contributed by atoms with van der Waals surface area (Å²) in [6.07, 6.45) is 0.134. The molecule has 2 fully saturated rings. The van der Waals surface area contributed by atoms with Crippen molar-refractivity contribution in [1.29, 1.82) is 0 Å². The molecular formula is C15H25N2O6S+. The molecule has 0 bridgehead atoms. The van der Waals surface area contributed by atoms with E-state index in [9.17, 15) is 14.4 Å². The number of nitrogens with one attached hydrogen (secondary N) is 1. The predicted molar refractivity (Wildman–Crippen MR) is 86.5 cm³/mol. The number of carbonyl (C=O) groups excluding carboxylic acids is 3. The van der Waals surface area contributed by atoms with Crippen LogP contribution in [0.1, 0.15) is 13.8 Å². The first-order valence-electron chi connectivity index (χ1n) is 7.94. The first kappa shape index (κ1) is 19.0. The van der Waals surface area contributed by atoms with Crippen LogP contribution in [0.4, 0.5) is 0 Å². The zero-order chi connectivity index (χ0) is 17.9. The second-order valence-electron chi connectivity index (χ2n) is 6.14. The second kappa shape index (κ2) is 8.17. The van der Waals surface area contributed by atoms with E-state index in [1.54, 1.807) is 0 Å². The maximum absolute atomic E-state index is 12.8. The number of amides is 1. The molecular weight excluding hydrogens is 336 g/mol. The van der Waals surface area contributed by atoms with Gasteiger partial charge in [-0.15, -0.1) is 11.8 Å². The molecule has 0 aromatic heterocycles. The van der Waals surface area contributed by atoms with Crippen molar-refractivity contribution >= 4 is 29.6 Å². The standard InChI is InChI=1S/C15H24N2O6S/c1-9-5-16(6-10(2)23-9)7-12(18)17-11(14(19)21-3)8-24-13(17)15(20)22-4/h9-11,13H,5-8H2,1-4H3/p+1/t9-,10-,11+,13-/m1/s1. The van der Waals surface area contributed by atoms with E-state index in [1.165, 1.54) is 30.9 Å². The number of hydrogen-bond donors (Lipinski definition) is 1. The molecule has 2 heterocycles. The summed E-state index contributed by atoms with van der Waals surface area (Å²) in [5, 5.41) is -0.804. The summed E-state index contributed by atoms with van der Waals surface area (Å²) in [6.45, 7) is 5.58. The summed E-state index contributed by atoms with van der Waals surface area (Å²) in [6, 6.07) is -0.758. The van der Waals surface area contributed by atoms with Crippen LogP contribution in [0.3, 0.4) is 0 Å². The van der Waals surface area contributed by atoms with Gasteiger partial charge in [0.15, 0.2) is 11.9 Å². The van der Waals surface area contributed by atoms with Gasteiger partial charge in [-0.2, -0.15) is 0 Å². The van der Waals surface area contributed by atoms with E-state index in [1.807, 2.05) is 13.8 Å². The number of methoxy groups -OCH3 is 2. The minimum atomic E-state index is -0.804. The van der Waals surface area contributed by atoms with Crippen molar-refractivity contribution in [2.75, 3.05) is 39.6 Å². The molecule has 2 aliphatic heterocycles. The number of ether oxygens (including phenoxy) is 3. The topological polar surface area (TPSA) is 86.6 Å². The smallest absolute Gasteiger partial charge is 0.339 e. The minimum absolute atomic E-state index is 0.0670. The molecule has 2 rings (SSSR count). The van der Waals surface area contributed by atoms with E-state index in [0.717, 1.165) is 4.90 Å². The maximum atomic E-state index is 12.8. The van der Waals surface area contributed by atoms with E-state index in [2.05, 4.69) is 0 Å². The summed E-state index contributed by atoms with van der Waals surface area (Å²) in [5.41, 5.74) is 0. The molecule has 0 aromatic rings. The number of quaternary nitrogens is 1. The van der Waals surface area contributed by atoms with Crippen LogP contribution in [0, 0.1) is 0 Å². The number of morpholine rings is 1. The molecule has 0 aromatic carbocycles. The summed E-state index contributed by atoms with van der Waals surface area (Å²) >= 11 is 1.22. The Kier molecular flexibility index (Phi) is 6.47. The predicted octanol–water partition coefficient (Wildman–Crippen LogP) is -1.71. The van der Waals surface area contributed by atoms with Crippen LogP contribution in [0.15, 0.2) is 0 Å². The summed E-state index contributed by atoms with van der Waals surface area (Å²) < 4.78 is 15.2. The van der Waals surface area contributed by atoms with Gasteiger partial charge in [0, 0.05) is 5.75 Å². The van der Waals surface area contributed by atoms with Gasteiger partial charge in [0.05, 0.1) is 14.2 Å². The van der Waals surface area contributed by atoms with Gasteiger partial charge in [-0.1, -0.05) is 0 Å². The van der Waals surface area contributed by atoms with Gasteiger partial charge < -0.3 is 24.0 Å². The zero-order valence-corrected chi connectivity index (χ0v) is 15.3. The summed E-state index contributed by atoms with van der Waals surface area (Å²) in [7, 11) is 2.55. The lowest BCUT2D eigenvalue weighted by Crippen LogP contribution is -3.16. The highest BCUT2D eigenvalue weighted by molar-refractivity contribution is 8.00. The Morgan fingerprint density at radius 1 is 1.12 bits per heavy atom. The highest BCUT2D eigenvalue weighted by Gasteiger charge is 2.47. The fourth-order valence-electron chi connectivity index (χ4n) is 3.25. The Balaban J connectivity index is 2.11. The molecule has 2 saturated heterocycles. The molecule has 136 valence electrons. The van der Waals surface area contributed by atoms with Gasteiger partial charge in [-0.3, -0.25) is 4.79 Å². The fourth-order valence-corrected chi connectivity index (χ4v) is 4.57. The first-order valence-corrected chi connectivity index (χ1v) is 8.99. The third kappa shape index (κ3) is 4.20. The third-order valence-electron chi connectivity index (χ3n) is 4.18. The van der Waals surface area contributed by atoms with E-state index in [-0.39, 0.29) is 24.7 Å². The van der Waals surface area contributed by atoms with Crippen LogP contribution in [-0.2, 0) is 28.6 Å². The Hall–Kier alpha value is -1.32. The quantitative estimate of drug-likeness (QED) is 0.597. The third-order valence-corrected chi connectivity index (χ3v) is 5.43. The van der Waals surface area contributed by atoms with Crippen molar-refractivity contribution in [2.45, 2.75) is 37.5 Å². The molecule has 0 radical (unpaired) electrons. The Bertz CT molecular complexity index is 468. The van der Waals surface area contributed by atoms with Gasteiger partial charge in [0.2, 0.25) is 0 Å². The Morgan fingerprint density at radius 2 is 1.71 bits per heavy atom. The van der Waals surface area contributed by atoms with Crippen LogP contribution in [0.5, 0.6) is 0 Å². The summed E-state index contributed by atoms with van der Waals surface area (Å²) in [4.78, 5) is 39.2. The lowest BCUT2D eigenvalue weighted by atomic mass is 10.2. The van der Waals surface area contributed by atoms with Crippen molar-refractivity contribution in [3.05, 3.63) is 0 Å². The first-order chi connectivity index (χ1) is 11.4. The van der Waals surface area contributed by atoms with Gasteiger partial charge in [0.25, 0.3) is 5.91 Å². The number of nitrogens with zero attached hydrogens (tertiary/aromatic N) is 1. The average Bonchev–Trinajstić information content (AvgIpc) is 2.97. The van der Waals surface area contributed by atoms with E-state index in [0.29, 0.717) is 18.8 Å². The molecule has 9 heteroatoms. The van der Waals surface area contributed by atoms with Gasteiger partial charge in [-0.05, 0) is 13.8 Å². The highest BCUT2D eigenvalue weighted by Crippen LogP contribution is 2.30. The molecule has 2 aliphatic rings. The Morgan fingerprint density at radius 3 is 2.25 bits per heavy atom. The Labute approximate surface area is 145 Å². The molecule has 1 amide bonds. The van der Waals surface area contributed by atoms with Crippen LogP contribution in [0.25, 0.3) is 0 Å². The number of thioether (sulfide) groups is 1. The minimum Gasteiger partial charge on any atom is -0.467 e. The van der Waals surface area contributed by atoms with Crippen LogP contribution < -0.4 is 4.90 Å². The van der Waals surface area contributed by atoms with Crippen molar-refractivity contribution in [1.82, 2.24) is 4.90 Å². The molecule has 0 aliphatic carbocycles. The molecule has 4 atom stereocenters. The van der Waals surface area contributed by atoms with Crippen molar-refractivity contribution < 1.29 is 33.5 Å². The molecule has 24 heavy (non-hydrogen) atoms. The van der Waals surface area contributed by atoms with Crippen molar-refractivity contribution in [2.24, 2.45) is 0 Å². The van der Waals surface area contributed by atoms with Crippen molar-refractivity contribution in [3.63, 3.8) is 0 Å². The van der Waals surface area contributed by atoms with Crippen LogP contribution >= 0.6 is 11.8 Å². The maximum Gasteiger partial charge on any atom is 0.339 e. The largest absolute Gasteiger partial charge is 0.467 e. The SMILES string of the molecule is COC(=O)[C@H]1SC[C@@H](C(=O)OC)N1C(=O)C[NH+]1C[C@@H](C)O[C@H](C)C1. The van der Waals surface area contributed by atoms with E-state index < -0.39 is 23.4 Å². The lowest BCUT2D eigenvalue weighted by molar-refractivity contribution is -0.907. The van der Waals surface area contributed by atoms with Gasteiger partial charge in [-0.25, -0.2) is 9.59 Å². The average molecular weight is 361 g/mol. The van der Waals surface area contributed by atoms with Crippen LogP contribution in [0.2, 0.25) is 0 Å². The number of carbonyl (C=O) groups is 3. The molecule has 1 N–H and O–H groups in total. The highest BCUT2D eigenvalue weighted by atomic mass is 32.2. The second-order valence-corrected chi connectivity index (χ2v) is 7.25. The van der Waals surface area contributed by atoms with E-state index >= 15 is 0 Å². The number of esters is 2. The summed E-state index contributed by atoms with van der Waals surface area (Å²) in [5.74, 6) is -0.967. The molecule has 0 spiro atoms. The molecule has 0 saturated carbocycles.